The predicted octanol–water partition coefficient (Wildman–Crippen LogP) is 1.71. The number of anilines is 1. The summed E-state index contributed by atoms with van der Waals surface area (Å²) < 4.78 is 0. The number of nitrogens with one attached hydrogen (secondary N) is 2. The van der Waals surface area contributed by atoms with E-state index in [0.717, 1.165) is 19.4 Å². The molecule has 1 aromatic rings. The van der Waals surface area contributed by atoms with Crippen LogP contribution >= 0.6 is 0 Å². The zero-order chi connectivity index (χ0) is 13.8. The minimum atomic E-state index is -0.119. The number of aliphatic hydroxyl groups excluding tert-OH is 1. The van der Waals surface area contributed by atoms with Gasteiger partial charge in [-0.1, -0.05) is 20.3 Å². The van der Waals surface area contributed by atoms with Crippen LogP contribution in [0.3, 0.4) is 0 Å². The molecule has 1 aliphatic carbocycles. The fourth-order valence-electron chi connectivity index (χ4n) is 2.70. The van der Waals surface area contributed by atoms with Crippen LogP contribution in [-0.4, -0.2) is 28.2 Å². The van der Waals surface area contributed by atoms with E-state index in [1.165, 1.54) is 12.5 Å². The van der Waals surface area contributed by atoms with Crippen LogP contribution in [0.25, 0.3) is 0 Å². The van der Waals surface area contributed by atoms with E-state index < -0.39 is 0 Å². The minimum Gasteiger partial charge on any atom is -0.396 e. The molecule has 1 heterocycles. The normalized spacial score (nSPS) is 22.9. The number of aromatic amines is 1. The Kier molecular flexibility index (Phi) is 4.58. The van der Waals surface area contributed by atoms with Crippen molar-refractivity contribution in [2.24, 2.45) is 11.8 Å². The summed E-state index contributed by atoms with van der Waals surface area (Å²) in [5, 5.41) is 12.5. The van der Waals surface area contributed by atoms with E-state index in [4.69, 9.17) is 0 Å². The van der Waals surface area contributed by atoms with Crippen molar-refractivity contribution >= 4 is 5.82 Å². The van der Waals surface area contributed by atoms with Gasteiger partial charge in [-0.05, 0) is 24.7 Å². The van der Waals surface area contributed by atoms with Crippen LogP contribution in [0.2, 0.25) is 0 Å². The van der Waals surface area contributed by atoms with Crippen LogP contribution in [0.15, 0.2) is 10.9 Å². The number of H-pyrrole nitrogens is 1. The molecule has 0 spiro atoms. The first-order chi connectivity index (χ1) is 9.10. The van der Waals surface area contributed by atoms with Crippen molar-refractivity contribution < 1.29 is 5.11 Å². The molecule has 2 atom stereocenters. The highest BCUT2D eigenvalue weighted by atomic mass is 16.3. The molecule has 0 bridgehead atoms. The number of hydrogen-bond donors (Lipinski definition) is 3. The summed E-state index contributed by atoms with van der Waals surface area (Å²) in [4.78, 5) is 18.7. The molecule has 1 fully saturated rings. The molecule has 106 valence electrons. The third-order valence-corrected chi connectivity index (χ3v) is 3.90. The summed E-state index contributed by atoms with van der Waals surface area (Å²) in [6.07, 6.45) is 3.42. The van der Waals surface area contributed by atoms with Crippen molar-refractivity contribution in [1.82, 2.24) is 9.97 Å². The standard InChI is InChI=1S/C14H23N3O2/c1-9(2)14-16-12(6-13(19)17-14)15-7-10-4-3-5-11(10)8-18/h6,9-11,18H,3-5,7-8H2,1-2H3,(H2,15,16,17,19). The number of hydrogen-bond acceptors (Lipinski definition) is 4. The number of aromatic nitrogens is 2. The lowest BCUT2D eigenvalue weighted by atomic mass is 9.97. The van der Waals surface area contributed by atoms with Crippen molar-refractivity contribution in [3.8, 4) is 0 Å². The Labute approximate surface area is 113 Å². The molecule has 2 rings (SSSR count). The Balaban J connectivity index is 2.01. The predicted molar refractivity (Wildman–Crippen MR) is 75.4 cm³/mol. The Morgan fingerprint density at radius 2 is 2.21 bits per heavy atom. The van der Waals surface area contributed by atoms with Gasteiger partial charge in [0.25, 0.3) is 5.56 Å². The average Bonchev–Trinajstić information content (AvgIpc) is 2.83. The van der Waals surface area contributed by atoms with E-state index in [-0.39, 0.29) is 18.1 Å². The Bertz CT molecular complexity index is 470. The van der Waals surface area contributed by atoms with E-state index in [9.17, 15) is 9.90 Å². The van der Waals surface area contributed by atoms with Gasteiger partial charge in [0.05, 0.1) is 0 Å². The zero-order valence-corrected chi connectivity index (χ0v) is 11.6. The largest absolute Gasteiger partial charge is 0.396 e. The summed E-state index contributed by atoms with van der Waals surface area (Å²) in [5.41, 5.74) is -0.119. The Hall–Kier alpha value is -1.36. The molecule has 19 heavy (non-hydrogen) atoms. The fraction of sp³-hybridized carbons (Fsp3) is 0.714. The first-order valence-corrected chi connectivity index (χ1v) is 7.06. The monoisotopic (exact) mass is 265 g/mol. The molecule has 1 saturated carbocycles. The molecule has 1 aromatic heterocycles. The van der Waals surface area contributed by atoms with Crippen molar-refractivity contribution in [2.75, 3.05) is 18.5 Å². The van der Waals surface area contributed by atoms with Crippen LogP contribution < -0.4 is 10.9 Å². The van der Waals surface area contributed by atoms with Gasteiger partial charge in [0, 0.05) is 25.1 Å². The van der Waals surface area contributed by atoms with Crippen LogP contribution in [0.1, 0.15) is 44.9 Å². The fourth-order valence-corrected chi connectivity index (χ4v) is 2.70. The highest BCUT2D eigenvalue weighted by molar-refractivity contribution is 5.33. The first-order valence-electron chi connectivity index (χ1n) is 7.06. The molecule has 0 amide bonds. The molecule has 2 unspecified atom stereocenters. The van der Waals surface area contributed by atoms with Gasteiger partial charge in [0.15, 0.2) is 0 Å². The topological polar surface area (TPSA) is 78.0 Å². The smallest absolute Gasteiger partial charge is 0.252 e. The maximum Gasteiger partial charge on any atom is 0.252 e. The number of aliphatic hydroxyl groups is 1. The minimum absolute atomic E-state index is 0.119. The lowest BCUT2D eigenvalue weighted by molar-refractivity contribution is 0.199. The van der Waals surface area contributed by atoms with Crippen molar-refractivity contribution in [2.45, 2.75) is 39.0 Å². The molecule has 0 aliphatic heterocycles. The zero-order valence-electron chi connectivity index (χ0n) is 11.6. The van der Waals surface area contributed by atoms with E-state index in [1.807, 2.05) is 13.8 Å². The second-order valence-corrected chi connectivity index (χ2v) is 5.69. The van der Waals surface area contributed by atoms with Crippen molar-refractivity contribution in [1.29, 1.82) is 0 Å². The number of rotatable bonds is 5. The maximum absolute atomic E-state index is 11.6. The second-order valence-electron chi connectivity index (χ2n) is 5.69. The van der Waals surface area contributed by atoms with Crippen LogP contribution in [0, 0.1) is 11.8 Å². The van der Waals surface area contributed by atoms with E-state index >= 15 is 0 Å². The maximum atomic E-state index is 11.6. The summed E-state index contributed by atoms with van der Waals surface area (Å²) in [5.74, 6) is 2.41. The Morgan fingerprint density at radius 3 is 2.89 bits per heavy atom. The molecular weight excluding hydrogens is 242 g/mol. The molecule has 5 heteroatoms. The van der Waals surface area contributed by atoms with Crippen molar-refractivity contribution in [3.63, 3.8) is 0 Å². The van der Waals surface area contributed by atoms with Crippen molar-refractivity contribution in [3.05, 3.63) is 22.2 Å². The third-order valence-electron chi connectivity index (χ3n) is 3.90. The van der Waals surface area contributed by atoms with E-state index in [1.54, 1.807) is 0 Å². The summed E-state index contributed by atoms with van der Waals surface area (Å²) >= 11 is 0. The molecule has 5 nitrogen and oxygen atoms in total. The van der Waals surface area contributed by atoms with Gasteiger partial charge in [-0.3, -0.25) is 4.79 Å². The SMILES string of the molecule is CC(C)c1nc(NCC2CCCC2CO)cc(=O)[nH]1. The van der Waals surface area contributed by atoms with Gasteiger partial charge >= 0.3 is 0 Å². The highest BCUT2D eigenvalue weighted by Gasteiger charge is 2.26. The molecule has 0 saturated heterocycles. The summed E-state index contributed by atoms with van der Waals surface area (Å²) in [6.45, 7) is 5.03. The molecule has 0 aromatic carbocycles. The summed E-state index contributed by atoms with van der Waals surface area (Å²) in [6, 6.07) is 1.49. The summed E-state index contributed by atoms with van der Waals surface area (Å²) in [7, 11) is 0. The highest BCUT2D eigenvalue weighted by Crippen LogP contribution is 2.31. The Morgan fingerprint density at radius 1 is 1.47 bits per heavy atom. The molecule has 0 radical (unpaired) electrons. The van der Waals surface area contributed by atoms with E-state index in [2.05, 4.69) is 15.3 Å². The lowest BCUT2D eigenvalue weighted by Crippen LogP contribution is -2.22. The molecule has 1 aliphatic rings. The quantitative estimate of drug-likeness (QED) is 0.757. The van der Waals surface area contributed by atoms with Gasteiger partial charge in [-0.25, -0.2) is 4.98 Å². The van der Waals surface area contributed by atoms with Gasteiger partial charge in [-0.15, -0.1) is 0 Å². The van der Waals surface area contributed by atoms with Crippen LogP contribution in [0.4, 0.5) is 5.82 Å². The third kappa shape index (κ3) is 3.56. The number of nitrogens with zero attached hydrogens (tertiary/aromatic N) is 1. The first kappa shape index (κ1) is 14.1. The van der Waals surface area contributed by atoms with Gasteiger partial charge in [-0.2, -0.15) is 0 Å². The van der Waals surface area contributed by atoms with Gasteiger partial charge in [0.1, 0.15) is 11.6 Å². The second kappa shape index (κ2) is 6.19. The van der Waals surface area contributed by atoms with Crippen LogP contribution in [0.5, 0.6) is 0 Å². The molecule has 3 N–H and O–H groups in total. The van der Waals surface area contributed by atoms with Gasteiger partial charge < -0.3 is 15.4 Å². The average molecular weight is 265 g/mol. The lowest BCUT2D eigenvalue weighted by Gasteiger charge is -2.18. The van der Waals surface area contributed by atoms with Gasteiger partial charge in [0.2, 0.25) is 0 Å². The molecular formula is C14H23N3O2. The van der Waals surface area contributed by atoms with Crippen LogP contribution in [-0.2, 0) is 0 Å². The van der Waals surface area contributed by atoms with E-state index in [0.29, 0.717) is 23.5 Å².